The molecule has 0 saturated heterocycles. The van der Waals surface area contributed by atoms with Gasteiger partial charge in [-0.05, 0) is 81.7 Å². The number of oxazole rings is 1. The molecule has 0 radical (unpaired) electrons. The maximum atomic E-state index is 12.4. The van der Waals surface area contributed by atoms with Crippen LogP contribution in [0.3, 0.4) is 0 Å². The van der Waals surface area contributed by atoms with Gasteiger partial charge in [-0.1, -0.05) is 12.1 Å². The van der Waals surface area contributed by atoms with Crippen LogP contribution in [0.1, 0.15) is 57.9 Å². The Bertz CT molecular complexity index is 1430. The van der Waals surface area contributed by atoms with Gasteiger partial charge in [-0.2, -0.15) is 0 Å². The molecule has 2 aromatic carbocycles. The van der Waals surface area contributed by atoms with Crippen LogP contribution in [0.25, 0.3) is 33.4 Å². The van der Waals surface area contributed by atoms with E-state index < -0.39 is 6.09 Å². The van der Waals surface area contributed by atoms with E-state index >= 15 is 0 Å². The summed E-state index contributed by atoms with van der Waals surface area (Å²) in [5.74, 6) is 2.00. The average Bonchev–Trinajstić information content (AvgIpc) is 3.55. The van der Waals surface area contributed by atoms with Crippen LogP contribution in [-0.2, 0) is 4.74 Å². The third-order valence-electron chi connectivity index (χ3n) is 7.59. The van der Waals surface area contributed by atoms with Gasteiger partial charge < -0.3 is 18.5 Å². The molecule has 2 aliphatic carbocycles. The van der Waals surface area contributed by atoms with Gasteiger partial charge in [0.25, 0.3) is 0 Å². The lowest BCUT2D eigenvalue weighted by Crippen LogP contribution is -2.21. The van der Waals surface area contributed by atoms with Crippen LogP contribution in [0.2, 0.25) is 0 Å². The summed E-state index contributed by atoms with van der Waals surface area (Å²) in [6.07, 6.45) is 7.05. The zero-order valence-corrected chi connectivity index (χ0v) is 21.6. The second-order valence-electron chi connectivity index (χ2n) is 10.2. The number of anilines is 1. The first-order valence-corrected chi connectivity index (χ1v) is 13.3. The Morgan fingerprint density at radius 1 is 1.16 bits per heavy atom. The van der Waals surface area contributed by atoms with Crippen molar-refractivity contribution in [2.45, 2.75) is 65.0 Å². The molecule has 1 N–H and O–H groups in total. The summed E-state index contributed by atoms with van der Waals surface area (Å²) in [5, 5.41) is 4.00. The SMILES string of the molecule is CCOc1ccc2c(-c3coc(C)n3)c(-c3ccc(NC(=O)OC(C)C4CC4)cc3)n(C3CCC3)c2c1. The number of nitrogens with zero attached hydrogens (tertiary/aromatic N) is 2. The van der Waals surface area contributed by atoms with Crippen molar-refractivity contribution >= 4 is 22.7 Å². The maximum Gasteiger partial charge on any atom is 0.411 e. The summed E-state index contributed by atoms with van der Waals surface area (Å²) >= 11 is 0. The fourth-order valence-corrected chi connectivity index (χ4v) is 5.28. The van der Waals surface area contributed by atoms with Crippen molar-refractivity contribution in [2.75, 3.05) is 11.9 Å². The zero-order valence-electron chi connectivity index (χ0n) is 21.6. The predicted molar refractivity (Wildman–Crippen MR) is 144 cm³/mol. The fourth-order valence-electron chi connectivity index (χ4n) is 5.28. The lowest BCUT2D eigenvalue weighted by Gasteiger charge is -2.30. The number of hydrogen-bond acceptors (Lipinski definition) is 5. The van der Waals surface area contributed by atoms with Crippen molar-refractivity contribution in [3.05, 3.63) is 54.6 Å². The molecular formula is C30H33N3O4. The number of amides is 1. The number of carbonyl (C=O) groups excluding carboxylic acids is 1. The molecule has 2 fully saturated rings. The average molecular weight is 500 g/mol. The lowest BCUT2D eigenvalue weighted by molar-refractivity contribution is 0.108. The van der Waals surface area contributed by atoms with Crippen LogP contribution in [-0.4, -0.2) is 28.4 Å². The number of carbonyl (C=O) groups is 1. The van der Waals surface area contributed by atoms with E-state index in [1.165, 1.54) is 6.42 Å². The van der Waals surface area contributed by atoms with Crippen molar-refractivity contribution in [1.82, 2.24) is 9.55 Å². The summed E-state index contributed by atoms with van der Waals surface area (Å²) in [5.41, 5.74) is 5.89. The standard InChI is InChI=1S/C30H33N3O4/c1-4-35-24-14-15-25-27(16-24)33(23-6-5-7-23)29(28(25)26-17-36-19(3)31-26)21-10-12-22(13-11-21)32-30(34)37-18(2)20-8-9-20/h10-18,20,23H,4-9H2,1-3H3,(H,32,34). The number of rotatable bonds is 8. The highest BCUT2D eigenvalue weighted by Crippen LogP contribution is 2.47. The Hall–Kier alpha value is -3.74. The number of aryl methyl sites for hydroxylation is 1. The molecule has 2 heterocycles. The number of fused-ring (bicyclic) bond motifs is 1. The Balaban J connectivity index is 1.42. The van der Waals surface area contributed by atoms with E-state index in [-0.39, 0.29) is 6.10 Å². The van der Waals surface area contributed by atoms with E-state index in [1.54, 1.807) is 6.26 Å². The Kier molecular flexibility index (Phi) is 6.14. The fraction of sp³-hybridized carbons (Fsp3) is 0.400. The van der Waals surface area contributed by atoms with E-state index in [4.69, 9.17) is 18.9 Å². The van der Waals surface area contributed by atoms with Crippen LogP contribution in [0, 0.1) is 12.8 Å². The summed E-state index contributed by atoms with van der Waals surface area (Å²) < 4.78 is 19.5. The van der Waals surface area contributed by atoms with Gasteiger partial charge in [0.15, 0.2) is 5.89 Å². The molecule has 0 aliphatic heterocycles. The monoisotopic (exact) mass is 499 g/mol. The first-order chi connectivity index (χ1) is 18.0. The topological polar surface area (TPSA) is 78.5 Å². The molecule has 2 aliphatic rings. The highest BCUT2D eigenvalue weighted by Gasteiger charge is 2.31. The third kappa shape index (κ3) is 4.59. The second kappa shape index (κ2) is 9.61. The van der Waals surface area contributed by atoms with E-state index in [0.29, 0.717) is 30.1 Å². The molecule has 37 heavy (non-hydrogen) atoms. The highest BCUT2D eigenvalue weighted by molar-refractivity contribution is 6.04. The first-order valence-electron chi connectivity index (χ1n) is 13.3. The Morgan fingerprint density at radius 3 is 2.57 bits per heavy atom. The molecule has 7 heteroatoms. The van der Waals surface area contributed by atoms with Crippen molar-refractivity contribution < 1.29 is 18.7 Å². The van der Waals surface area contributed by atoms with Gasteiger partial charge in [0, 0.05) is 35.7 Å². The minimum Gasteiger partial charge on any atom is -0.494 e. The minimum absolute atomic E-state index is 0.0486. The van der Waals surface area contributed by atoms with Crippen LogP contribution in [0.5, 0.6) is 5.75 Å². The molecule has 192 valence electrons. The normalized spacial score (nSPS) is 16.4. The van der Waals surface area contributed by atoms with Gasteiger partial charge in [0.1, 0.15) is 23.8 Å². The van der Waals surface area contributed by atoms with E-state index in [2.05, 4.69) is 34.1 Å². The molecule has 1 amide bonds. The van der Waals surface area contributed by atoms with Gasteiger partial charge in [0.05, 0.1) is 17.8 Å². The summed E-state index contributed by atoms with van der Waals surface area (Å²) in [6.45, 7) is 6.45. The molecule has 1 atom stereocenters. The van der Waals surface area contributed by atoms with Crippen molar-refractivity contribution in [3.8, 4) is 28.3 Å². The third-order valence-corrected chi connectivity index (χ3v) is 7.59. The predicted octanol–water partition coefficient (Wildman–Crippen LogP) is 7.74. The van der Waals surface area contributed by atoms with Gasteiger partial charge >= 0.3 is 6.09 Å². The molecule has 7 nitrogen and oxygen atoms in total. The lowest BCUT2D eigenvalue weighted by atomic mass is 9.92. The highest BCUT2D eigenvalue weighted by atomic mass is 16.6. The minimum atomic E-state index is -0.405. The quantitative estimate of drug-likeness (QED) is 0.268. The van der Waals surface area contributed by atoms with Crippen LogP contribution < -0.4 is 10.1 Å². The van der Waals surface area contributed by atoms with E-state index in [1.807, 2.05) is 39.0 Å². The van der Waals surface area contributed by atoms with E-state index in [9.17, 15) is 4.79 Å². The molecule has 4 aromatic rings. The molecule has 2 aromatic heterocycles. The first kappa shape index (κ1) is 23.6. The maximum absolute atomic E-state index is 12.4. The van der Waals surface area contributed by atoms with Gasteiger partial charge in [-0.25, -0.2) is 9.78 Å². The van der Waals surface area contributed by atoms with Crippen molar-refractivity contribution in [3.63, 3.8) is 0 Å². The van der Waals surface area contributed by atoms with Gasteiger partial charge in [0.2, 0.25) is 0 Å². The van der Waals surface area contributed by atoms with Crippen molar-refractivity contribution in [1.29, 1.82) is 0 Å². The number of aromatic nitrogens is 2. The van der Waals surface area contributed by atoms with Gasteiger partial charge in [-0.15, -0.1) is 0 Å². The van der Waals surface area contributed by atoms with Crippen molar-refractivity contribution in [2.24, 2.45) is 5.92 Å². The summed E-state index contributed by atoms with van der Waals surface area (Å²) in [6, 6.07) is 14.7. The smallest absolute Gasteiger partial charge is 0.411 e. The molecule has 6 rings (SSSR count). The molecule has 1 unspecified atom stereocenters. The van der Waals surface area contributed by atoms with Crippen LogP contribution in [0.15, 0.2) is 53.1 Å². The Labute approximate surface area is 216 Å². The second-order valence-corrected chi connectivity index (χ2v) is 10.2. The largest absolute Gasteiger partial charge is 0.494 e. The molecule has 0 bridgehead atoms. The molecular weight excluding hydrogens is 466 g/mol. The zero-order chi connectivity index (χ0) is 25.5. The summed E-state index contributed by atoms with van der Waals surface area (Å²) in [4.78, 5) is 17.1. The summed E-state index contributed by atoms with van der Waals surface area (Å²) in [7, 11) is 0. The van der Waals surface area contributed by atoms with Crippen LogP contribution in [0.4, 0.5) is 10.5 Å². The van der Waals surface area contributed by atoms with E-state index in [0.717, 1.165) is 64.9 Å². The van der Waals surface area contributed by atoms with Crippen LogP contribution >= 0.6 is 0 Å². The van der Waals surface area contributed by atoms with Gasteiger partial charge in [-0.3, -0.25) is 5.32 Å². The number of ether oxygens (including phenoxy) is 2. The molecule has 2 saturated carbocycles. The Morgan fingerprint density at radius 2 is 1.95 bits per heavy atom. The number of nitrogens with one attached hydrogen (secondary N) is 1. The molecule has 0 spiro atoms. The number of benzene rings is 2. The number of hydrogen-bond donors (Lipinski definition) is 1.